The Morgan fingerprint density at radius 1 is 1.11 bits per heavy atom. The Labute approximate surface area is 159 Å². The number of aryl methyl sites for hydroxylation is 1. The maximum absolute atomic E-state index is 12.2. The molecule has 0 radical (unpaired) electrons. The summed E-state index contributed by atoms with van der Waals surface area (Å²) < 4.78 is 7.21. The summed E-state index contributed by atoms with van der Waals surface area (Å²) in [6.45, 7) is 7.43. The maximum atomic E-state index is 12.2. The van der Waals surface area contributed by atoms with E-state index in [2.05, 4.69) is 36.2 Å². The van der Waals surface area contributed by atoms with Gasteiger partial charge in [-0.05, 0) is 31.0 Å². The number of nitrogens with zero attached hydrogens (tertiary/aromatic N) is 2. The Kier molecular flexibility index (Phi) is 6.08. The number of benzene rings is 1. The van der Waals surface area contributed by atoms with Crippen molar-refractivity contribution in [2.45, 2.75) is 39.1 Å². The number of hydrogen-bond acceptors (Lipinski definition) is 4. The van der Waals surface area contributed by atoms with Gasteiger partial charge in [-0.2, -0.15) is 0 Å². The molecule has 0 bridgehead atoms. The first kappa shape index (κ1) is 19.3. The highest BCUT2D eigenvalue weighted by Crippen LogP contribution is 2.14. The number of nitrogens with one attached hydrogen (secondary N) is 1. The number of amides is 1. The first-order valence-corrected chi connectivity index (χ1v) is 9.31. The van der Waals surface area contributed by atoms with Crippen LogP contribution in [0.15, 0.2) is 47.4 Å². The van der Waals surface area contributed by atoms with Gasteiger partial charge in [-0.25, -0.2) is 0 Å². The molecule has 3 rings (SSSR count). The molecule has 144 valence electrons. The molecule has 1 aromatic heterocycles. The van der Waals surface area contributed by atoms with Crippen molar-refractivity contribution < 1.29 is 9.53 Å². The molecule has 0 spiro atoms. The van der Waals surface area contributed by atoms with E-state index in [1.807, 2.05) is 12.1 Å². The molecule has 0 aliphatic carbocycles. The molecule has 1 aliphatic rings. The zero-order chi connectivity index (χ0) is 19.4. The average Bonchev–Trinajstić information content (AvgIpc) is 2.62. The Hall–Kier alpha value is -2.44. The number of carbonyl (C=O) groups excluding carboxylic acids is 1. The molecular formula is C21H27N3O3. The number of hydrogen-bond donors (Lipinski definition) is 1. The van der Waals surface area contributed by atoms with Crippen molar-refractivity contribution in [1.29, 1.82) is 0 Å². The van der Waals surface area contributed by atoms with Crippen LogP contribution in [-0.4, -0.2) is 40.7 Å². The standard InChI is InChI=1S/C21H27N3O3/c1-15-12-24(13-16(2)27-15)14-18-6-4-17(5-7-18)11-22-21(26)19-8-9-23(3)20(25)10-19/h4-10,15-16H,11-14H2,1-3H3,(H,22,26). The van der Waals surface area contributed by atoms with Crippen LogP contribution >= 0.6 is 0 Å². The molecule has 1 saturated heterocycles. The van der Waals surface area contributed by atoms with Crippen molar-refractivity contribution in [2.75, 3.05) is 13.1 Å². The summed E-state index contributed by atoms with van der Waals surface area (Å²) in [5.74, 6) is -0.243. The Balaban J connectivity index is 1.53. The zero-order valence-electron chi connectivity index (χ0n) is 16.1. The summed E-state index contributed by atoms with van der Waals surface area (Å²) in [4.78, 5) is 26.2. The predicted octanol–water partition coefficient (Wildman–Crippen LogP) is 1.92. The molecule has 0 saturated carbocycles. The number of aromatic nitrogens is 1. The minimum Gasteiger partial charge on any atom is -0.373 e. The lowest BCUT2D eigenvalue weighted by Crippen LogP contribution is -2.44. The number of carbonyl (C=O) groups is 1. The van der Waals surface area contributed by atoms with Crippen molar-refractivity contribution in [2.24, 2.45) is 7.05 Å². The molecule has 1 fully saturated rings. The van der Waals surface area contributed by atoms with Crippen molar-refractivity contribution in [3.8, 4) is 0 Å². The van der Waals surface area contributed by atoms with Crippen LogP contribution < -0.4 is 10.9 Å². The van der Waals surface area contributed by atoms with Gasteiger partial charge in [0.05, 0.1) is 12.2 Å². The molecular weight excluding hydrogens is 342 g/mol. The summed E-state index contributed by atoms with van der Waals surface area (Å²) >= 11 is 0. The van der Waals surface area contributed by atoms with Crippen molar-refractivity contribution in [3.05, 3.63) is 69.6 Å². The Morgan fingerprint density at radius 2 is 1.74 bits per heavy atom. The van der Waals surface area contributed by atoms with Crippen LogP contribution in [0.2, 0.25) is 0 Å². The average molecular weight is 369 g/mol. The highest BCUT2D eigenvalue weighted by Gasteiger charge is 2.21. The highest BCUT2D eigenvalue weighted by molar-refractivity contribution is 5.93. The zero-order valence-corrected chi connectivity index (χ0v) is 16.1. The second-order valence-electron chi connectivity index (χ2n) is 7.32. The van der Waals surface area contributed by atoms with Gasteiger partial charge in [-0.3, -0.25) is 14.5 Å². The normalized spacial score (nSPS) is 20.4. The molecule has 2 heterocycles. The van der Waals surface area contributed by atoms with E-state index >= 15 is 0 Å². The summed E-state index contributed by atoms with van der Waals surface area (Å²) in [6.07, 6.45) is 2.12. The fraction of sp³-hybridized carbons (Fsp3) is 0.429. The van der Waals surface area contributed by atoms with Gasteiger partial charge < -0.3 is 14.6 Å². The second kappa shape index (κ2) is 8.50. The van der Waals surface area contributed by atoms with Gasteiger partial charge in [0.15, 0.2) is 0 Å². The van der Waals surface area contributed by atoms with E-state index in [1.54, 1.807) is 19.3 Å². The molecule has 1 amide bonds. The monoisotopic (exact) mass is 369 g/mol. The van der Waals surface area contributed by atoms with E-state index < -0.39 is 0 Å². The minimum atomic E-state index is -0.243. The lowest BCUT2D eigenvalue weighted by Gasteiger charge is -2.35. The Bertz CT molecular complexity index is 834. The predicted molar refractivity (Wildman–Crippen MR) is 105 cm³/mol. The van der Waals surface area contributed by atoms with Crippen LogP contribution in [0.25, 0.3) is 0 Å². The fourth-order valence-corrected chi connectivity index (χ4v) is 3.41. The molecule has 6 nitrogen and oxygen atoms in total. The first-order valence-electron chi connectivity index (χ1n) is 9.31. The maximum Gasteiger partial charge on any atom is 0.251 e. The minimum absolute atomic E-state index is 0.196. The highest BCUT2D eigenvalue weighted by atomic mass is 16.5. The lowest BCUT2D eigenvalue weighted by atomic mass is 10.1. The van der Waals surface area contributed by atoms with Gasteiger partial charge in [0.25, 0.3) is 11.5 Å². The number of morpholine rings is 1. The number of ether oxygens (including phenoxy) is 1. The first-order chi connectivity index (χ1) is 12.9. The summed E-state index contributed by atoms with van der Waals surface area (Å²) in [7, 11) is 1.66. The van der Waals surface area contributed by atoms with Gasteiger partial charge in [-0.15, -0.1) is 0 Å². The third-order valence-electron chi connectivity index (χ3n) is 4.74. The molecule has 2 aromatic rings. The quantitative estimate of drug-likeness (QED) is 0.875. The Morgan fingerprint density at radius 3 is 2.37 bits per heavy atom. The van der Waals surface area contributed by atoms with Gasteiger partial charge in [-0.1, -0.05) is 24.3 Å². The molecule has 1 aromatic carbocycles. The second-order valence-corrected chi connectivity index (χ2v) is 7.32. The van der Waals surface area contributed by atoms with E-state index in [4.69, 9.17) is 4.74 Å². The SMILES string of the molecule is CC1CN(Cc2ccc(CNC(=O)c3ccn(C)c(=O)c3)cc2)CC(C)O1. The molecule has 2 unspecified atom stereocenters. The van der Waals surface area contributed by atoms with E-state index in [0.717, 1.165) is 25.2 Å². The van der Waals surface area contributed by atoms with E-state index in [9.17, 15) is 9.59 Å². The smallest absolute Gasteiger partial charge is 0.251 e. The molecule has 2 atom stereocenters. The summed E-state index contributed by atoms with van der Waals surface area (Å²) in [5.41, 5.74) is 2.46. The third kappa shape index (κ3) is 5.28. The van der Waals surface area contributed by atoms with E-state index in [0.29, 0.717) is 12.1 Å². The molecule has 1 aliphatic heterocycles. The van der Waals surface area contributed by atoms with Gasteiger partial charge in [0, 0.05) is 51.1 Å². The van der Waals surface area contributed by atoms with Crippen LogP contribution in [0.5, 0.6) is 0 Å². The summed E-state index contributed by atoms with van der Waals surface area (Å²) in [5, 5.41) is 2.86. The van der Waals surface area contributed by atoms with Crippen LogP contribution in [0.3, 0.4) is 0 Å². The van der Waals surface area contributed by atoms with Gasteiger partial charge in [0.1, 0.15) is 0 Å². The fourth-order valence-electron chi connectivity index (χ4n) is 3.41. The van der Waals surface area contributed by atoms with Crippen molar-refractivity contribution in [3.63, 3.8) is 0 Å². The number of rotatable bonds is 5. The van der Waals surface area contributed by atoms with E-state index in [1.165, 1.54) is 16.2 Å². The number of pyridine rings is 1. The van der Waals surface area contributed by atoms with Crippen molar-refractivity contribution in [1.82, 2.24) is 14.8 Å². The molecule has 27 heavy (non-hydrogen) atoms. The topological polar surface area (TPSA) is 63.6 Å². The van der Waals surface area contributed by atoms with Crippen LogP contribution in [0.4, 0.5) is 0 Å². The molecule has 6 heteroatoms. The third-order valence-corrected chi connectivity index (χ3v) is 4.74. The van der Waals surface area contributed by atoms with Gasteiger partial charge >= 0.3 is 0 Å². The van der Waals surface area contributed by atoms with Crippen LogP contribution in [-0.2, 0) is 24.9 Å². The lowest BCUT2D eigenvalue weighted by molar-refractivity contribution is -0.0704. The van der Waals surface area contributed by atoms with Crippen LogP contribution in [0, 0.1) is 0 Å². The largest absolute Gasteiger partial charge is 0.373 e. The summed E-state index contributed by atoms with van der Waals surface area (Å²) in [6, 6.07) is 11.3. The van der Waals surface area contributed by atoms with Crippen molar-refractivity contribution >= 4 is 5.91 Å². The van der Waals surface area contributed by atoms with E-state index in [-0.39, 0.29) is 23.7 Å². The molecule has 1 N–H and O–H groups in total. The van der Waals surface area contributed by atoms with Gasteiger partial charge in [0.2, 0.25) is 0 Å². The van der Waals surface area contributed by atoms with Crippen LogP contribution in [0.1, 0.15) is 35.3 Å².